The fourth-order valence-corrected chi connectivity index (χ4v) is 5.29. The van der Waals surface area contributed by atoms with E-state index in [-0.39, 0.29) is 17.9 Å². The monoisotopic (exact) mass is 480 g/mol. The smallest absolute Gasteiger partial charge is 0.325 e. The first-order chi connectivity index (χ1) is 15.0. The van der Waals surface area contributed by atoms with Gasteiger partial charge in [-0.1, -0.05) is 23.7 Å². The van der Waals surface area contributed by atoms with E-state index in [0.29, 0.717) is 10.7 Å². The average molecular weight is 481 g/mol. The van der Waals surface area contributed by atoms with E-state index in [2.05, 4.69) is 5.32 Å². The van der Waals surface area contributed by atoms with Gasteiger partial charge < -0.3 is 15.2 Å². The zero-order valence-electron chi connectivity index (χ0n) is 17.9. The number of aliphatic hydroxyl groups is 1. The Labute approximate surface area is 192 Å². The fraction of sp³-hybridized carbons (Fsp3) is 0.364. The number of β-amino-alcohol motifs (C(OH)–C–C–N with tert-alkyl or cyclic N) is 1. The van der Waals surface area contributed by atoms with Gasteiger partial charge >= 0.3 is 5.97 Å². The molecule has 2 aromatic rings. The van der Waals surface area contributed by atoms with Gasteiger partial charge in [0.15, 0.2) is 6.10 Å². The van der Waals surface area contributed by atoms with Crippen molar-refractivity contribution < 1.29 is 27.9 Å². The lowest BCUT2D eigenvalue weighted by atomic mass is 10.1. The molecule has 0 bridgehead atoms. The largest absolute Gasteiger partial charge is 0.451 e. The van der Waals surface area contributed by atoms with Gasteiger partial charge in [-0.2, -0.15) is 4.31 Å². The van der Waals surface area contributed by atoms with Crippen molar-refractivity contribution in [2.75, 3.05) is 11.9 Å². The third-order valence-electron chi connectivity index (χ3n) is 5.35. The molecule has 3 unspecified atom stereocenters. The van der Waals surface area contributed by atoms with Crippen LogP contribution in [-0.4, -0.2) is 54.5 Å². The number of hydrogen-bond donors (Lipinski definition) is 2. The third-order valence-corrected chi connectivity index (χ3v) is 7.45. The van der Waals surface area contributed by atoms with Crippen LogP contribution >= 0.6 is 11.6 Å². The zero-order chi connectivity index (χ0) is 23.6. The molecule has 3 rings (SSSR count). The second-order valence-corrected chi connectivity index (χ2v) is 10.1. The molecule has 172 valence electrons. The normalized spacial score (nSPS) is 20.0. The highest BCUT2D eigenvalue weighted by atomic mass is 35.5. The minimum absolute atomic E-state index is 0.0271. The van der Waals surface area contributed by atoms with Gasteiger partial charge in [0.1, 0.15) is 6.04 Å². The molecule has 0 radical (unpaired) electrons. The standard InChI is InChI=1S/C22H25ClN2O6S/c1-13-7-8-19(9-14(13)2)32(29,30)25-12-18(26)11-20(25)22(28)31-15(3)21(27)24-17-6-4-5-16(23)10-17/h4-10,15,18,20,26H,11-12H2,1-3H3,(H,24,27). The molecule has 1 saturated heterocycles. The molecule has 1 heterocycles. The number of ether oxygens (including phenoxy) is 1. The minimum Gasteiger partial charge on any atom is -0.451 e. The Morgan fingerprint density at radius 2 is 1.91 bits per heavy atom. The Morgan fingerprint density at radius 3 is 2.56 bits per heavy atom. The van der Waals surface area contributed by atoms with Crippen molar-refractivity contribution in [3.8, 4) is 0 Å². The summed E-state index contributed by atoms with van der Waals surface area (Å²) in [6.45, 7) is 4.80. The van der Waals surface area contributed by atoms with E-state index in [1.54, 1.807) is 37.3 Å². The Morgan fingerprint density at radius 1 is 1.19 bits per heavy atom. The summed E-state index contributed by atoms with van der Waals surface area (Å²) in [4.78, 5) is 25.2. The highest BCUT2D eigenvalue weighted by Crippen LogP contribution is 2.28. The van der Waals surface area contributed by atoms with Crippen LogP contribution in [0.2, 0.25) is 5.02 Å². The van der Waals surface area contributed by atoms with E-state index >= 15 is 0 Å². The van der Waals surface area contributed by atoms with Gasteiger partial charge in [0, 0.05) is 23.7 Å². The van der Waals surface area contributed by atoms with E-state index in [0.717, 1.165) is 15.4 Å². The van der Waals surface area contributed by atoms with Crippen molar-refractivity contribution in [2.24, 2.45) is 0 Å². The van der Waals surface area contributed by atoms with Crippen molar-refractivity contribution in [3.05, 3.63) is 58.6 Å². The van der Waals surface area contributed by atoms with Crippen molar-refractivity contribution in [3.63, 3.8) is 0 Å². The SMILES string of the molecule is Cc1ccc(S(=O)(=O)N2CC(O)CC2C(=O)OC(C)C(=O)Nc2cccc(Cl)c2)cc1C. The number of nitrogens with zero attached hydrogens (tertiary/aromatic N) is 1. The third kappa shape index (κ3) is 5.29. The number of halogens is 1. The van der Waals surface area contributed by atoms with Crippen LogP contribution in [0.3, 0.4) is 0 Å². The van der Waals surface area contributed by atoms with E-state index in [4.69, 9.17) is 16.3 Å². The summed E-state index contributed by atoms with van der Waals surface area (Å²) in [6.07, 6.45) is -2.33. The Bertz CT molecular complexity index is 1140. The summed E-state index contributed by atoms with van der Waals surface area (Å²) in [5.74, 6) is -1.49. The Hall–Kier alpha value is -2.46. The molecule has 1 aliphatic heterocycles. The number of hydrogen-bond acceptors (Lipinski definition) is 6. The molecular weight excluding hydrogens is 456 g/mol. The van der Waals surface area contributed by atoms with Gasteiger partial charge in [-0.25, -0.2) is 8.42 Å². The molecule has 0 aliphatic carbocycles. The van der Waals surface area contributed by atoms with Crippen molar-refractivity contribution in [1.29, 1.82) is 0 Å². The van der Waals surface area contributed by atoms with E-state index in [1.807, 2.05) is 6.92 Å². The van der Waals surface area contributed by atoms with Crippen LogP contribution in [0.1, 0.15) is 24.5 Å². The highest BCUT2D eigenvalue weighted by molar-refractivity contribution is 7.89. The Balaban J connectivity index is 1.74. The lowest BCUT2D eigenvalue weighted by molar-refractivity contribution is -0.156. The number of amides is 1. The molecule has 3 atom stereocenters. The van der Waals surface area contributed by atoms with Gasteiger partial charge in [0.2, 0.25) is 10.0 Å². The Kier molecular flexibility index (Phi) is 7.24. The number of aryl methyl sites for hydroxylation is 2. The van der Waals surface area contributed by atoms with Gasteiger partial charge in [0.25, 0.3) is 5.91 Å². The number of esters is 1. The molecule has 0 aromatic heterocycles. The zero-order valence-corrected chi connectivity index (χ0v) is 19.5. The van der Waals surface area contributed by atoms with Gasteiger partial charge in [-0.3, -0.25) is 9.59 Å². The predicted octanol–water partition coefficient (Wildman–Crippen LogP) is 2.65. The maximum absolute atomic E-state index is 13.2. The minimum atomic E-state index is -4.06. The van der Waals surface area contributed by atoms with Crippen molar-refractivity contribution in [2.45, 2.75) is 50.3 Å². The molecule has 10 heteroatoms. The first-order valence-corrected chi connectivity index (χ1v) is 11.8. The van der Waals surface area contributed by atoms with E-state index in [9.17, 15) is 23.1 Å². The number of carbonyl (C=O) groups excluding carboxylic acids is 2. The van der Waals surface area contributed by atoms with Gasteiger partial charge in [-0.15, -0.1) is 0 Å². The maximum Gasteiger partial charge on any atom is 0.325 e. The molecule has 2 aromatic carbocycles. The van der Waals surface area contributed by atoms with Crippen LogP contribution in [0.4, 0.5) is 5.69 Å². The molecule has 2 N–H and O–H groups in total. The summed E-state index contributed by atoms with van der Waals surface area (Å²) in [5, 5.41) is 13.1. The number of rotatable bonds is 6. The first kappa shape index (κ1) is 24.2. The molecule has 8 nitrogen and oxygen atoms in total. The van der Waals surface area contributed by atoms with Crippen LogP contribution in [0, 0.1) is 13.8 Å². The summed E-state index contributed by atoms with van der Waals surface area (Å²) < 4.78 is 32.5. The van der Waals surface area contributed by atoms with Gasteiger partial charge in [0.05, 0.1) is 11.0 Å². The van der Waals surface area contributed by atoms with Crippen LogP contribution in [0.25, 0.3) is 0 Å². The van der Waals surface area contributed by atoms with Gasteiger partial charge in [-0.05, 0) is 62.2 Å². The summed E-state index contributed by atoms with van der Waals surface area (Å²) in [7, 11) is -4.06. The maximum atomic E-state index is 13.2. The number of anilines is 1. The molecule has 1 fully saturated rings. The number of carbonyl (C=O) groups is 2. The van der Waals surface area contributed by atoms with Crippen molar-refractivity contribution in [1.82, 2.24) is 4.31 Å². The first-order valence-electron chi connectivity index (χ1n) is 10.0. The van der Waals surface area contributed by atoms with E-state index < -0.39 is 40.1 Å². The molecule has 0 spiro atoms. The quantitative estimate of drug-likeness (QED) is 0.614. The topological polar surface area (TPSA) is 113 Å². The summed E-state index contributed by atoms with van der Waals surface area (Å²) in [5.41, 5.74) is 2.15. The van der Waals surface area contributed by atoms with Crippen molar-refractivity contribution >= 4 is 39.2 Å². The lowest BCUT2D eigenvalue weighted by Gasteiger charge is -2.24. The number of nitrogens with one attached hydrogen (secondary N) is 1. The molecular formula is C22H25ClN2O6S. The molecule has 0 saturated carbocycles. The number of sulfonamides is 1. The van der Waals surface area contributed by atoms with Crippen LogP contribution < -0.4 is 5.32 Å². The lowest BCUT2D eigenvalue weighted by Crippen LogP contribution is -2.43. The summed E-state index contributed by atoms with van der Waals surface area (Å²) in [6, 6.07) is 9.91. The second-order valence-electron chi connectivity index (χ2n) is 7.80. The second kappa shape index (κ2) is 9.58. The predicted molar refractivity (Wildman–Crippen MR) is 120 cm³/mol. The molecule has 1 aliphatic rings. The fourth-order valence-electron chi connectivity index (χ4n) is 3.39. The van der Waals surface area contributed by atoms with Crippen LogP contribution in [0.5, 0.6) is 0 Å². The molecule has 1 amide bonds. The number of aliphatic hydroxyl groups excluding tert-OH is 1. The van der Waals surface area contributed by atoms with Crippen LogP contribution in [-0.2, 0) is 24.3 Å². The average Bonchev–Trinajstić information content (AvgIpc) is 3.12. The summed E-state index contributed by atoms with van der Waals surface area (Å²) >= 11 is 5.90. The molecule has 32 heavy (non-hydrogen) atoms. The van der Waals surface area contributed by atoms with Crippen LogP contribution in [0.15, 0.2) is 47.4 Å². The number of benzene rings is 2. The van der Waals surface area contributed by atoms with E-state index in [1.165, 1.54) is 19.1 Å². The highest BCUT2D eigenvalue weighted by Gasteiger charge is 2.45.